The van der Waals surface area contributed by atoms with Crippen LogP contribution in [0.25, 0.3) is 0 Å². The number of methoxy groups -OCH3 is 1. The van der Waals surface area contributed by atoms with Crippen LogP contribution in [0.1, 0.15) is 13.3 Å². The molecule has 0 spiro atoms. The fourth-order valence-electron chi connectivity index (χ4n) is 1.34. The molecule has 7 nitrogen and oxygen atoms in total. The van der Waals surface area contributed by atoms with E-state index >= 15 is 0 Å². The van der Waals surface area contributed by atoms with Gasteiger partial charge in [0.1, 0.15) is 12.6 Å². The molecule has 98 valence electrons. The lowest BCUT2D eigenvalue weighted by molar-refractivity contribution is -0.142. The second-order valence-electron chi connectivity index (χ2n) is 3.59. The van der Waals surface area contributed by atoms with Gasteiger partial charge in [-0.05, 0) is 6.42 Å². The van der Waals surface area contributed by atoms with E-state index in [0.717, 1.165) is 9.80 Å². The number of rotatable bonds is 5. The zero-order valence-electron chi connectivity index (χ0n) is 10.5. The molecule has 0 aromatic heterocycles. The average molecular weight is 246 g/mol. The lowest BCUT2D eigenvalue weighted by Crippen LogP contribution is -2.48. The fourth-order valence-corrected chi connectivity index (χ4v) is 1.34. The summed E-state index contributed by atoms with van der Waals surface area (Å²) in [6, 6.07) is -1.44. The van der Waals surface area contributed by atoms with E-state index in [1.807, 2.05) is 0 Å². The minimum Gasteiger partial charge on any atom is -0.480 e. The number of nitrogens with zero attached hydrogens (tertiary/aromatic N) is 2. The first-order valence-electron chi connectivity index (χ1n) is 5.12. The van der Waals surface area contributed by atoms with Crippen LogP contribution in [0.15, 0.2) is 0 Å². The highest BCUT2D eigenvalue weighted by atomic mass is 16.5. The van der Waals surface area contributed by atoms with E-state index in [-0.39, 0.29) is 6.54 Å². The Morgan fingerprint density at radius 1 is 1.29 bits per heavy atom. The zero-order chi connectivity index (χ0) is 13.6. The van der Waals surface area contributed by atoms with Gasteiger partial charge in [-0.25, -0.2) is 9.59 Å². The smallest absolute Gasteiger partial charge is 0.326 e. The molecule has 2 amide bonds. The Morgan fingerprint density at radius 2 is 1.82 bits per heavy atom. The van der Waals surface area contributed by atoms with Crippen molar-refractivity contribution in [1.29, 1.82) is 0 Å². The van der Waals surface area contributed by atoms with E-state index in [1.54, 1.807) is 6.92 Å². The van der Waals surface area contributed by atoms with Gasteiger partial charge in [-0.15, -0.1) is 0 Å². The van der Waals surface area contributed by atoms with Gasteiger partial charge in [0, 0.05) is 14.1 Å². The van der Waals surface area contributed by atoms with Crippen molar-refractivity contribution in [2.45, 2.75) is 19.4 Å². The summed E-state index contributed by atoms with van der Waals surface area (Å²) in [5.41, 5.74) is 0. The number of urea groups is 1. The molecule has 0 radical (unpaired) electrons. The zero-order valence-corrected chi connectivity index (χ0v) is 10.5. The van der Waals surface area contributed by atoms with Crippen molar-refractivity contribution >= 4 is 18.0 Å². The van der Waals surface area contributed by atoms with Gasteiger partial charge < -0.3 is 19.6 Å². The first-order chi connectivity index (χ1) is 7.84. The molecule has 0 saturated carbocycles. The van der Waals surface area contributed by atoms with Gasteiger partial charge in [-0.2, -0.15) is 0 Å². The molecule has 1 atom stereocenters. The largest absolute Gasteiger partial charge is 0.480 e. The minimum atomic E-state index is -1.07. The molecular formula is C10H18N2O5. The summed E-state index contributed by atoms with van der Waals surface area (Å²) in [5.74, 6) is -1.63. The maximum absolute atomic E-state index is 11.8. The highest BCUT2D eigenvalue weighted by Gasteiger charge is 2.27. The molecule has 1 N–H and O–H groups in total. The second-order valence-corrected chi connectivity index (χ2v) is 3.59. The van der Waals surface area contributed by atoms with Crippen molar-refractivity contribution in [3.8, 4) is 0 Å². The van der Waals surface area contributed by atoms with Crippen LogP contribution in [0.5, 0.6) is 0 Å². The van der Waals surface area contributed by atoms with Gasteiger partial charge in [0.05, 0.1) is 7.11 Å². The van der Waals surface area contributed by atoms with Crippen LogP contribution in [0.3, 0.4) is 0 Å². The second kappa shape index (κ2) is 6.72. The van der Waals surface area contributed by atoms with Crippen molar-refractivity contribution in [3.63, 3.8) is 0 Å². The standard InChI is InChI=1S/C10H18N2O5/c1-5-7(9(14)15)12(3)10(16)11(2)6-8(13)17-4/h7H,5-6H2,1-4H3,(H,14,15). The molecule has 17 heavy (non-hydrogen) atoms. The van der Waals surface area contributed by atoms with Crippen LogP contribution >= 0.6 is 0 Å². The van der Waals surface area contributed by atoms with Crippen molar-refractivity contribution < 1.29 is 24.2 Å². The maximum Gasteiger partial charge on any atom is 0.326 e. The number of hydrogen-bond donors (Lipinski definition) is 1. The van der Waals surface area contributed by atoms with Crippen LogP contribution in [-0.2, 0) is 14.3 Å². The Kier molecular flexibility index (Phi) is 6.01. The molecule has 1 unspecified atom stereocenters. The quantitative estimate of drug-likeness (QED) is 0.690. The first-order valence-corrected chi connectivity index (χ1v) is 5.12. The minimum absolute atomic E-state index is 0.213. The molecule has 0 aliphatic rings. The highest BCUT2D eigenvalue weighted by Crippen LogP contribution is 2.05. The van der Waals surface area contributed by atoms with Crippen LogP contribution in [0.2, 0.25) is 0 Å². The summed E-state index contributed by atoms with van der Waals surface area (Å²) in [6.07, 6.45) is 0.295. The average Bonchev–Trinajstić information content (AvgIpc) is 2.27. The third-order valence-electron chi connectivity index (χ3n) is 2.36. The molecular weight excluding hydrogens is 228 g/mol. The van der Waals surface area contributed by atoms with E-state index in [9.17, 15) is 14.4 Å². The summed E-state index contributed by atoms with van der Waals surface area (Å²) in [4.78, 5) is 35.8. The molecule has 7 heteroatoms. The first kappa shape index (κ1) is 15.2. The number of carbonyl (C=O) groups is 3. The number of esters is 1. The van der Waals surface area contributed by atoms with Gasteiger partial charge in [0.2, 0.25) is 0 Å². The van der Waals surface area contributed by atoms with Crippen molar-refractivity contribution in [1.82, 2.24) is 9.80 Å². The van der Waals surface area contributed by atoms with E-state index in [2.05, 4.69) is 4.74 Å². The molecule has 0 bridgehead atoms. The van der Waals surface area contributed by atoms with Gasteiger partial charge in [-0.1, -0.05) is 6.92 Å². The molecule has 0 aliphatic heterocycles. The summed E-state index contributed by atoms with van der Waals surface area (Å²) in [5, 5.41) is 8.90. The normalized spacial score (nSPS) is 11.5. The topological polar surface area (TPSA) is 87.2 Å². The summed E-state index contributed by atoms with van der Waals surface area (Å²) in [7, 11) is 4.01. The summed E-state index contributed by atoms with van der Waals surface area (Å²) < 4.78 is 4.42. The lowest BCUT2D eigenvalue weighted by atomic mass is 10.2. The Hall–Kier alpha value is -1.79. The number of hydrogen-bond acceptors (Lipinski definition) is 4. The van der Waals surface area contributed by atoms with E-state index < -0.39 is 24.0 Å². The van der Waals surface area contributed by atoms with Gasteiger partial charge in [0.15, 0.2) is 0 Å². The van der Waals surface area contributed by atoms with Crippen LogP contribution in [0.4, 0.5) is 4.79 Å². The predicted molar refractivity (Wildman–Crippen MR) is 59.5 cm³/mol. The lowest BCUT2D eigenvalue weighted by Gasteiger charge is -2.28. The summed E-state index contributed by atoms with van der Waals surface area (Å²) >= 11 is 0. The number of amides is 2. The molecule has 0 saturated heterocycles. The van der Waals surface area contributed by atoms with E-state index in [4.69, 9.17) is 5.11 Å². The number of likely N-dealkylation sites (N-methyl/N-ethyl adjacent to an activating group) is 2. The van der Waals surface area contributed by atoms with Crippen LogP contribution in [-0.4, -0.2) is 66.7 Å². The molecule has 0 aromatic rings. The van der Waals surface area contributed by atoms with Crippen molar-refractivity contribution in [2.24, 2.45) is 0 Å². The van der Waals surface area contributed by atoms with Gasteiger partial charge >= 0.3 is 18.0 Å². The number of carbonyl (C=O) groups excluding carboxylic acids is 2. The third-order valence-corrected chi connectivity index (χ3v) is 2.36. The Balaban J connectivity index is 4.57. The number of carboxylic acid groups (broad SMARTS) is 1. The van der Waals surface area contributed by atoms with Crippen LogP contribution in [0, 0.1) is 0 Å². The van der Waals surface area contributed by atoms with Gasteiger partial charge in [-0.3, -0.25) is 4.79 Å². The molecule has 0 rings (SSSR count). The molecule has 0 fully saturated rings. The van der Waals surface area contributed by atoms with Crippen LogP contribution < -0.4 is 0 Å². The molecule has 0 aliphatic carbocycles. The Labute approximate surface area is 99.9 Å². The number of carboxylic acids is 1. The number of ether oxygens (including phenoxy) is 1. The number of aliphatic carboxylic acids is 1. The van der Waals surface area contributed by atoms with Crippen molar-refractivity contribution in [3.05, 3.63) is 0 Å². The summed E-state index contributed by atoms with van der Waals surface area (Å²) in [6.45, 7) is 1.46. The maximum atomic E-state index is 11.8. The van der Waals surface area contributed by atoms with E-state index in [0.29, 0.717) is 6.42 Å². The fraction of sp³-hybridized carbons (Fsp3) is 0.700. The van der Waals surface area contributed by atoms with Gasteiger partial charge in [0.25, 0.3) is 0 Å². The Bertz CT molecular complexity index is 305. The SMILES string of the molecule is CCC(C(=O)O)N(C)C(=O)N(C)CC(=O)OC. The predicted octanol–water partition coefficient (Wildman–Crippen LogP) is 0.00620. The highest BCUT2D eigenvalue weighted by molar-refractivity contribution is 5.84. The third kappa shape index (κ3) is 4.29. The monoisotopic (exact) mass is 246 g/mol. The Morgan fingerprint density at radius 3 is 2.18 bits per heavy atom. The van der Waals surface area contributed by atoms with Crippen molar-refractivity contribution in [2.75, 3.05) is 27.7 Å². The molecule has 0 heterocycles. The van der Waals surface area contributed by atoms with E-state index in [1.165, 1.54) is 21.2 Å². The molecule has 0 aromatic carbocycles.